The second kappa shape index (κ2) is 4.29. The number of amides is 1. The summed E-state index contributed by atoms with van der Waals surface area (Å²) in [6.45, 7) is 3.71. The van der Waals surface area contributed by atoms with Gasteiger partial charge in [0.2, 0.25) is 5.43 Å². The summed E-state index contributed by atoms with van der Waals surface area (Å²) in [4.78, 5) is 24.2. The Kier molecular flexibility index (Phi) is 2.95. The van der Waals surface area contributed by atoms with E-state index in [1.54, 1.807) is 6.92 Å². The molecular weight excluding hydrogens is 228 g/mol. The van der Waals surface area contributed by atoms with Crippen LogP contribution in [0.1, 0.15) is 21.6 Å². The van der Waals surface area contributed by atoms with E-state index in [0.717, 1.165) is 11.1 Å². The Balaban J connectivity index is 2.98. The lowest BCUT2D eigenvalue weighted by Gasteiger charge is -2.13. The lowest BCUT2D eigenvalue weighted by molar-refractivity contribution is 0.0961. The van der Waals surface area contributed by atoms with Crippen LogP contribution in [0.15, 0.2) is 23.0 Å². The van der Waals surface area contributed by atoms with Crippen LogP contribution >= 0.6 is 0 Å². The van der Waals surface area contributed by atoms with Crippen molar-refractivity contribution in [3.05, 3.63) is 45.2 Å². The number of aryl methyl sites for hydroxylation is 2. The SMILES string of the molecule is CNC(=O)c1c(C)n(C)c2ccc(C)cc2c1=O. The first-order valence-corrected chi connectivity index (χ1v) is 5.79. The van der Waals surface area contributed by atoms with Crippen LogP contribution in [0.2, 0.25) is 0 Å². The smallest absolute Gasteiger partial charge is 0.256 e. The Morgan fingerprint density at radius 3 is 2.56 bits per heavy atom. The maximum Gasteiger partial charge on any atom is 0.256 e. The van der Waals surface area contributed by atoms with E-state index in [0.29, 0.717) is 11.1 Å². The normalized spacial score (nSPS) is 10.7. The van der Waals surface area contributed by atoms with E-state index in [-0.39, 0.29) is 16.9 Å². The Hall–Kier alpha value is -2.10. The molecule has 0 atom stereocenters. The maximum atomic E-state index is 12.4. The summed E-state index contributed by atoms with van der Waals surface area (Å²) < 4.78 is 1.88. The zero-order valence-corrected chi connectivity index (χ0v) is 11.0. The summed E-state index contributed by atoms with van der Waals surface area (Å²) in [7, 11) is 3.39. The van der Waals surface area contributed by atoms with E-state index in [1.807, 2.05) is 36.7 Å². The summed E-state index contributed by atoms with van der Waals surface area (Å²) in [5.41, 5.74) is 2.54. The molecule has 1 aromatic carbocycles. The molecule has 4 nitrogen and oxygen atoms in total. The highest BCUT2D eigenvalue weighted by atomic mass is 16.2. The number of aromatic nitrogens is 1. The van der Waals surface area contributed by atoms with E-state index in [2.05, 4.69) is 5.32 Å². The van der Waals surface area contributed by atoms with E-state index in [4.69, 9.17) is 0 Å². The molecule has 0 bridgehead atoms. The van der Waals surface area contributed by atoms with E-state index in [1.165, 1.54) is 7.05 Å². The Morgan fingerprint density at radius 1 is 1.28 bits per heavy atom. The number of nitrogens with zero attached hydrogens (tertiary/aromatic N) is 1. The summed E-state index contributed by atoms with van der Waals surface area (Å²) in [5.74, 6) is -0.337. The molecule has 2 aromatic rings. The van der Waals surface area contributed by atoms with Crippen LogP contribution in [0.3, 0.4) is 0 Å². The molecule has 0 aliphatic rings. The maximum absolute atomic E-state index is 12.4. The molecule has 18 heavy (non-hydrogen) atoms. The zero-order valence-electron chi connectivity index (χ0n) is 11.0. The molecule has 0 unspecified atom stereocenters. The topological polar surface area (TPSA) is 51.1 Å². The predicted molar refractivity (Wildman–Crippen MR) is 72.1 cm³/mol. The number of fused-ring (bicyclic) bond motifs is 1. The van der Waals surface area contributed by atoms with Crippen molar-refractivity contribution in [2.45, 2.75) is 13.8 Å². The highest BCUT2D eigenvalue weighted by Crippen LogP contribution is 2.16. The molecule has 0 spiro atoms. The molecule has 1 N–H and O–H groups in total. The summed E-state index contributed by atoms with van der Waals surface area (Å²) in [5, 5.41) is 3.10. The standard InChI is InChI=1S/C14H16N2O2/c1-8-5-6-11-10(7-8)13(17)12(14(18)15-3)9(2)16(11)4/h5-7H,1-4H3,(H,15,18). The first kappa shape index (κ1) is 12.4. The van der Waals surface area contributed by atoms with Gasteiger partial charge in [0.15, 0.2) is 0 Å². The molecule has 0 fully saturated rings. The molecular formula is C14H16N2O2. The zero-order chi connectivity index (χ0) is 13.4. The monoisotopic (exact) mass is 244 g/mol. The van der Waals surface area contributed by atoms with Gasteiger partial charge in [-0.1, -0.05) is 11.6 Å². The van der Waals surface area contributed by atoms with Gasteiger partial charge < -0.3 is 9.88 Å². The molecule has 1 amide bonds. The Bertz CT molecular complexity index is 699. The van der Waals surface area contributed by atoms with Crippen LogP contribution in [0.25, 0.3) is 10.9 Å². The van der Waals surface area contributed by atoms with E-state index in [9.17, 15) is 9.59 Å². The van der Waals surface area contributed by atoms with Crippen LogP contribution in [0.5, 0.6) is 0 Å². The summed E-state index contributed by atoms with van der Waals surface area (Å²) in [6, 6.07) is 5.69. The minimum atomic E-state index is -0.337. The van der Waals surface area contributed by atoms with Crippen molar-refractivity contribution >= 4 is 16.8 Å². The largest absolute Gasteiger partial charge is 0.355 e. The minimum absolute atomic E-state index is 0.205. The molecule has 0 radical (unpaired) electrons. The summed E-state index contributed by atoms with van der Waals surface area (Å²) >= 11 is 0. The number of benzene rings is 1. The number of hydrogen-bond acceptors (Lipinski definition) is 2. The molecule has 0 aliphatic heterocycles. The molecule has 94 valence electrons. The predicted octanol–water partition coefficient (Wildman–Crippen LogP) is 1.51. The third kappa shape index (κ3) is 1.70. The van der Waals surface area contributed by atoms with Crippen molar-refractivity contribution in [2.24, 2.45) is 7.05 Å². The average molecular weight is 244 g/mol. The van der Waals surface area contributed by atoms with Crippen molar-refractivity contribution in [1.29, 1.82) is 0 Å². The number of nitrogens with one attached hydrogen (secondary N) is 1. The van der Waals surface area contributed by atoms with Gasteiger partial charge in [-0.2, -0.15) is 0 Å². The minimum Gasteiger partial charge on any atom is -0.355 e. The second-order valence-electron chi connectivity index (χ2n) is 4.45. The van der Waals surface area contributed by atoms with Gasteiger partial charge in [-0.3, -0.25) is 9.59 Å². The number of pyridine rings is 1. The fourth-order valence-electron chi connectivity index (χ4n) is 2.16. The molecule has 0 aliphatic carbocycles. The van der Waals surface area contributed by atoms with Gasteiger partial charge >= 0.3 is 0 Å². The van der Waals surface area contributed by atoms with Gasteiger partial charge in [-0.15, -0.1) is 0 Å². The van der Waals surface area contributed by atoms with Gasteiger partial charge in [0.05, 0.1) is 5.52 Å². The van der Waals surface area contributed by atoms with Crippen molar-refractivity contribution in [2.75, 3.05) is 7.05 Å². The molecule has 0 saturated carbocycles. The molecule has 0 saturated heterocycles. The Morgan fingerprint density at radius 2 is 1.94 bits per heavy atom. The molecule has 2 rings (SSSR count). The first-order chi connectivity index (χ1) is 8.47. The van der Waals surface area contributed by atoms with E-state index >= 15 is 0 Å². The fraction of sp³-hybridized carbons (Fsp3) is 0.286. The number of carbonyl (C=O) groups is 1. The van der Waals surface area contributed by atoms with Crippen LogP contribution in [0, 0.1) is 13.8 Å². The van der Waals surface area contributed by atoms with Crippen molar-refractivity contribution in [3.63, 3.8) is 0 Å². The van der Waals surface area contributed by atoms with Crippen LogP contribution in [-0.4, -0.2) is 17.5 Å². The average Bonchev–Trinajstić information content (AvgIpc) is 2.36. The van der Waals surface area contributed by atoms with Crippen LogP contribution < -0.4 is 10.7 Å². The van der Waals surface area contributed by atoms with E-state index < -0.39 is 0 Å². The first-order valence-electron chi connectivity index (χ1n) is 5.79. The van der Waals surface area contributed by atoms with Gasteiger partial charge in [0, 0.05) is 25.2 Å². The fourth-order valence-corrected chi connectivity index (χ4v) is 2.16. The lowest BCUT2D eigenvalue weighted by Crippen LogP contribution is -2.29. The second-order valence-corrected chi connectivity index (χ2v) is 4.45. The van der Waals surface area contributed by atoms with Crippen LogP contribution in [-0.2, 0) is 7.05 Å². The van der Waals surface area contributed by atoms with Gasteiger partial charge in [-0.05, 0) is 26.0 Å². The van der Waals surface area contributed by atoms with Crippen LogP contribution in [0.4, 0.5) is 0 Å². The van der Waals surface area contributed by atoms with Gasteiger partial charge in [-0.25, -0.2) is 0 Å². The van der Waals surface area contributed by atoms with Crippen molar-refractivity contribution < 1.29 is 4.79 Å². The number of carbonyl (C=O) groups excluding carboxylic acids is 1. The molecule has 1 aromatic heterocycles. The third-order valence-corrected chi connectivity index (χ3v) is 3.30. The number of hydrogen-bond donors (Lipinski definition) is 1. The molecule has 1 heterocycles. The highest BCUT2D eigenvalue weighted by molar-refractivity contribution is 5.98. The quantitative estimate of drug-likeness (QED) is 0.826. The highest BCUT2D eigenvalue weighted by Gasteiger charge is 2.17. The molecule has 4 heteroatoms. The Labute approximate surface area is 105 Å². The number of rotatable bonds is 1. The van der Waals surface area contributed by atoms with Crippen molar-refractivity contribution in [3.8, 4) is 0 Å². The lowest BCUT2D eigenvalue weighted by atomic mass is 10.1. The third-order valence-electron chi connectivity index (χ3n) is 3.30. The van der Waals surface area contributed by atoms with Gasteiger partial charge in [0.25, 0.3) is 5.91 Å². The summed E-state index contributed by atoms with van der Waals surface area (Å²) in [6.07, 6.45) is 0. The van der Waals surface area contributed by atoms with Crippen molar-refractivity contribution in [1.82, 2.24) is 9.88 Å². The van der Waals surface area contributed by atoms with Gasteiger partial charge in [0.1, 0.15) is 5.56 Å².